The lowest BCUT2D eigenvalue weighted by Crippen LogP contribution is -2.60. The third-order valence-electron chi connectivity index (χ3n) is 5.49. The van der Waals surface area contributed by atoms with E-state index >= 15 is 0 Å². The third kappa shape index (κ3) is 6.78. The van der Waals surface area contributed by atoms with Crippen LogP contribution in [-0.4, -0.2) is 69.2 Å². The van der Waals surface area contributed by atoms with Crippen LogP contribution in [0.25, 0.3) is 10.9 Å². The Hall–Kier alpha value is -3.44. The van der Waals surface area contributed by atoms with Crippen LogP contribution >= 0.6 is 0 Å². The molecule has 2 rings (SSSR count). The average molecular weight is 476 g/mol. The van der Waals surface area contributed by atoms with Gasteiger partial charge in [-0.1, -0.05) is 32.0 Å². The predicted octanol–water partition coefficient (Wildman–Crippen LogP) is -0.367. The molecule has 11 nitrogen and oxygen atoms in total. The minimum Gasteiger partial charge on any atom is -0.480 e. The summed E-state index contributed by atoms with van der Waals surface area (Å²) in [4.78, 5) is 52.2. The van der Waals surface area contributed by atoms with Gasteiger partial charge in [-0.05, 0) is 37.8 Å². The molecule has 5 unspecified atom stereocenters. The van der Waals surface area contributed by atoms with Crippen molar-refractivity contribution in [3.8, 4) is 0 Å². The van der Waals surface area contributed by atoms with E-state index in [0.717, 1.165) is 16.5 Å². The Labute approximate surface area is 197 Å². The monoisotopic (exact) mass is 475 g/mol. The minimum absolute atomic E-state index is 0.244. The lowest BCUT2D eigenvalue weighted by atomic mass is 10.00. The van der Waals surface area contributed by atoms with E-state index < -0.39 is 54.0 Å². The average Bonchev–Trinajstić information content (AvgIpc) is 3.17. The van der Waals surface area contributed by atoms with E-state index in [1.54, 1.807) is 20.0 Å². The van der Waals surface area contributed by atoms with E-state index in [4.69, 9.17) is 10.8 Å². The van der Waals surface area contributed by atoms with Crippen LogP contribution in [0.4, 0.5) is 0 Å². The van der Waals surface area contributed by atoms with Gasteiger partial charge in [0.15, 0.2) is 0 Å². The van der Waals surface area contributed by atoms with E-state index in [-0.39, 0.29) is 12.3 Å². The second-order valence-electron chi connectivity index (χ2n) is 8.70. The molecule has 1 aromatic heterocycles. The number of carboxylic acids is 1. The van der Waals surface area contributed by atoms with Gasteiger partial charge in [-0.15, -0.1) is 0 Å². The van der Waals surface area contributed by atoms with Gasteiger partial charge in [0.2, 0.25) is 17.7 Å². The summed E-state index contributed by atoms with van der Waals surface area (Å²) in [5.41, 5.74) is 7.90. The molecular weight excluding hydrogens is 442 g/mol. The van der Waals surface area contributed by atoms with Crippen LogP contribution in [0.2, 0.25) is 0 Å². The van der Waals surface area contributed by atoms with Crippen molar-refractivity contribution < 1.29 is 29.4 Å². The number of fused-ring (bicyclic) bond motifs is 1. The van der Waals surface area contributed by atoms with Gasteiger partial charge in [0.25, 0.3) is 0 Å². The summed E-state index contributed by atoms with van der Waals surface area (Å²) in [6.07, 6.45) is 0.722. The fourth-order valence-electron chi connectivity index (χ4n) is 3.44. The van der Waals surface area contributed by atoms with E-state index in [1.807, 2.05) is 24.3 Å². The number of hydrogen-bond acceptors (Lipinski definition) is 6. The van der Waals surface area contributed by atoms with Gasteiger partial charge in [-0.25, -0.2) is 0 Å². The van der Waals surface area contributed by atoms with Gasteiger partial charge in [0.05, 0.1) is 12.1 Å². The molecule has 0 aliphatic heterocycles. The molecule has 0 bridgehead atoms. The van der Waals surface area contributed by atoms with Crippen LogP contribution in [0.5, 0.6) is 0 Å². The summed E-state index contributed by atoms with van der Waals surface area (Å²) in [6.45, 7) is 5.96. The number of H-pyrrole nitrogens is 1. The molecule has 34 heavy (non-hydrogen) atoms. The van der Waals surface area contributed by atoms with E-state index in [2.05, 4.69) is 20.9 Å². The summed E-state index contributed by atoms with van der Waals surface area (Å²) in [5.74, 6) is -3.73. The van der Waals surface area contributed by atoms with Gasteiger partial charge in [0.1, 0.15) is 18.1 Å². The Morgan fingerprint density at radius 2 is 1.53 bits per heavy atom. The molecule has 0 saturated heterocycles. The van der Waals surface area contributed by atoms with Crippen molar-refractivity contribution in [2.24, 2.45) is 11.7 Å². The second-order valence-corrected chi connectivity index (χ2v) is 8.70. The second kappa shape index (κ2) is 11.6. The Morgan fingerprint density at radius 1 is 0.941 bits per heavy atom. The number of benzene rings is 1. The zero-order valence-electron chi connectivity index (χ0n) is 19.7. The number of aromatic amines is 1. The predicted molar refractivity (Wildman–Crippen MR) is 126 cm³/mol. The fourth-order valence-corrected chi connectivity index (χ4v) is 3.44. The maximum Gasteiger partial charge on any atom is 0.325 e. The number of carbonyl (C=O) groups is 4. The first kappa shape index (κ1) is 26.8. The molecule has 0 aliphatic carbocycles. The zero-order valence-corrected chi connectivity index (χ0v) is 19.7. The van der Waals surface area contributed by atoms with Gasteiger partial charge in [-0.2, -0.15) is 0 Å². The normalized spacial score (nSPS) is 15.7. The number of aliphatic hydroxyl groups is 1. The van der Waals surface area contributed by atoms with Crippen molar-refractivity contribution in [3.05, 3.63) is 36.0 Å². The highest BCUT2D eigenvalue weighted by Crippen LogP contribution is 2.19. The highest BCUT2D eigenvalue weighted by molar-refractivity contribution is 5.94. The van der Waals surface area contributed by atoms with Crippen molar-refractivity contribution in [1.82, 2.24) is 20.9 Å². The molecule has 0 spiro atoms. The van der Waals surface area contributed by atoms with Crippen LogP contribution in [0.15, 0.2) is 30.5 Å². The first-order valence-electron chi connectivity index (χ1n) is 11.0. The first-order valence-corrected chi connectivity index (χ1v) is 11.0. The molecule has 3 amide bonds. The summed E-state index contributed by atoms with van der Waals surface area (Å²) in [5, 5.41) is 27.1. The maximum atomic E-state index is 12.9. The van der Waals surface area contributed by atoms with E-state index in [9.17, 15) is 24.3 Å². The number of amides is 3. The first-order chi connectivity index (χ1) is 15.9. The van der Waals surface area contributed by atoms with Gasteiger partial charge < -0.3 is 36.9 Å². The van der Waals surface area contributed by atoms with Crippen LogP contribution < -0.4 is 21.7 Å². The molecule has 2 aromatic rings. The molecule has 5 atom stereocenters. The van der Waals surface area contributed by atoms with Crippen molar-refractivity contribution in [1.29, 1.82) is 0 Å². The Morgan fingerprint density at radius 3 is 2.12 bits per heavy atom. The fraction of sp³-hybridized carbons (Fsp3) is 0.478. The van der Waals surface area contributed by atoms with Crippen LogP contribution in [0.3, 0.4) is 0 Å². The van der Waals surface area contributed by atoms with Crippen molar-refractivity contribution in [2.45, 2.75) is 64.4 Å². The standard InChI is InChI=1S/C23H33N5O6/c1-11(2)18(21(31)28-19(13(4)29)22(32)26-12(3)23(33)34)27-20(30)16(24)9-14-10-25-17-8-6-5-7-15(14)17/h5-8,10-13,16,18-19,25,29H,9,24H2,1-4H3,(H,26,32)(H,27,30)(H,28,31)(H,33,34). The van der Waals surface area contributed by atoms with E-state index in [1.165, 1.54) is 13.8 Å². The molecule has 0 fully saturated rings. The molecular formula is C23H33N5O6. The quantitative estimate of drug-likeness (QED) is 0.231. The van der Waals surface area contributed by atoms with E-state index in [0.29, 0.717) is 0 Å². The molecule has 0 radical (unpaired) electrons. The summed E-state index contributed by atoms with van der Waals surface area (Å²) in [6, 6.07) is 3.02. The number of aliphatic hydroxyl groups excluding tert-OH is 1. The smallest absolute Gasteiger partial charge is 0.325 e. The number of aromatic nitrogens is 1. The third-order valence-corrected chi connectivity index (χ3v) is 5.49. The van der Waals surface area contributed by atoms with Gasteiger partial charge in [-0.3, -0.25) is 19.2 Å². The zero-order chi connectivity index (χ0) is 25.6. The Balaban J connectivity index is 2.07. The summed E-state index contributed by atoms with van der Waals surface area (Å²) >= 11 is 0. The maximum absolute atomic E-state index is 12.9. The summed E-state index contributed by atoms with van der Waals surface area (Å²) < 4.78 is 0. The molecule has 8 N–H and O–H groups in total. The lowest BCUT2D eigenvalue weighted by molar-refractivity contribution is -0.142. The molecule has 1 aromatic carbocycles. The SMILES string of the molecule is CC(NC(=O)C(NC(=O)C(NC(=O)C(N)Cc1c[nH]c2ccccc12)C(C)C)C(C)O)C(=O)O. The summed E-state index contributed by atoms with van der Waals surface area (Å²) in [7, 11) is 0. The Bertz CT molecular complexity index is 1030. The highest BCUT2D eigenvalue weighted by atomic mass is 16.4. The number of rotatable bonds is 11. The van der Waals surface area contributed by atoms with Crippen molar-refractivity contribution >= 4 is 34.6 Å². The van der Waals surface area contributed by atoms with Crippen LogP contribution in [0.1, 0.15) is 33.3 Å². The molecule has 1 heterocycles. The van der Waals surface area contributed by atoms with Crippen molar-refractivity contribution in [3.63, 3.8) is 0 Å². The number of nitrogens with two attached hydrogens (primary N) is 1. The topological polar surface area (TPSA) is 187 Å². The molecule has 11 heteroatoms. The number of carboxylic acid groups (broad SMARTS) is 1. The van der Waals surface area contributed by atoms with Crippen molar-refractivity contribution in [2.75, 3.05) is 0 Å². The molecule has 0 saturated carbocycles. The number of carbonyl (C=O) groups excluding carboxylic acids is 3. The van der Waals surface area contributed by atoms with Gasteiger partial charge >= 0.3 is 5.97 Å². The van der Waals surface area contributed by atoms with Gasteiger partial charge in [0, 0.05) is 17.1 Å². The largest absolute Gasteiger partial charge is 0.480 e. The Kier molecular flexibility index (Phi) is 9.16. The number of hydrogen-bond donors (Lipinski definition) is 7. The van der Waals surface area contributed by atoms with Crippen LogP contribution in [-0.2, 0) is 25.6 Å². The molecule has 186 valence electrons. The number of nitrogens with one attached hydrogen (secondary N) is 4. The minimum atomic E-state index is -1.41. The number of para-hydroxylation sites is 1. The van der Waals surface area contributed by atoms with Crippen LogP contribution in [0, 0.1) is 5.92 Å². The lowest BCUT2D eigenvalue weighted by Gasteiger charge is -2.27. The number of aliphatic carboxylic acids is 1. The molecule has 0 aliphatic rings. The highest BCUT2D eigenvalue weighted by Gasteiger charge is 2.33.